The van der Waals surface area contributed by atoms with E-state index in [1.54, 1.807) is 0 Å². The van der Waals surface area contributed by atoms with Gasteiger partial charge in [-0.3, -0.25) is 0 Å². The molecule has 0 aromatic carbocycles. The number of hydrogen-bond acceptors (Lipinski definition) is 5. The normalized spacial score (nSPS) is 68.0. The summed E-state index contributed by atoms with van der Waals surface area (Å²) in [6.45, 7) is 2.49. The molecule has 8 fully saturated rings. The predicted octanol–water partition coefficient (Wildman–Crippen LogP) is 0.557. The third-order valence-corrected chi connectivity index (χ3v) is 9.65. The molecule has 0 aromatic rings. The lowest BCUT2D eigenvalue weighted by Crippen LogP contribution is -2.76. The lowest BCUT2D eigenvalue weighted by molar-refractivity contribution is -0.278. The van der Waals surface area contributed by atoms with Crippen LogP contribution in [0.3, 0.4) is 0 Å². The molecular formula is C15H15BrO5. The van der Waals surface area contributed by atoms with Crippen LogP contribution in [0.1, 0.15) is 0 Å². The predicted molar refractivity (Wildman–Crippen MR) is 70.4 cm³/mol. The van der Waals surface area contributed by atoms with Crippen LogP contribution in [-0.2, 0) is 23.7 Å². The number of hydrogen-bond donors (Lipinski definition) is 0. The molecule has 8 aliphatic rings. The van der Waals surface area contributed by atoms with Crippen LogP contribution in [0.5, 0.6) is 0 Å². The second-order valence-corrected chi connectivity index (χ2v) is 9.01. The Morgan fingerprint density at radius 3 is 1.86 bits per heavy atom. The number of carbonyl (C=O) groups is 1. The minimum absolute atomic E-state index is 0.119. The van der Waals surface area contributed by atoms with E-state index in [1.165, 1.54) is 0 Å². The molecular weight excluding hydrogens is 340 g/mol. The van der Waals surface area contributed by atoms with Gasteiger partial charge in [-0.15, -0.1) is 0 Å². The van der Waals surface area contributed by atoms with Crippen molar-refractivity contribution in [3.8, 4) is 0 Å². The smallest absolute Gasteiger partial charge is 0.188 e. The summed E-state index contributed by atoms with van der Waals surface area (Å²) in [6.07, 6.45) is 1.16. The van der Waals surface area contributed by atoms with Gasteiger partial charge < -0.3 is 23.7 Å². The van der Waals surface area contributed by atoms with Crippen LogP contribution in [0.15, 0.2) is 0 Å². The first-order valence-corrected chi connectivity index (χ1v) is 8.71. The zero-order valence-corrected chi connectivity index (χ0v) is 12.9. The molecule has 0 N–H and O–H groups in total. The molecule has 5 nitrogen and oxygen atoms in total. The molecule has 6 saturated carbocycles. The Bertz CT molecular complexity index is 611. The van der Waals surface area contributed by atoms with Crippen LogP contribution in [0, 0.1) is 40.9 Å². The van der Waals surface area contributed by atoms with Gasteiger partial charge in [-0.2, -0.15) is 0 Å². The molecule has 21 heavy (non-hydrogen) atoms. The van der Waals surface area contributed by atoms with Crippen LogP contribution < -0.4 is 0 Å². The summed E-state index contributed by atoms with van der Waals surface area (Å²) >= 11 is 4.03. The van der Waals surface area contributed by atoms with Crippen molar-refractivity contribution >= 4 is 22.2 Å². The van der Waals surface area contributed by atoms with Crippen LogP contribution >= 0.6 is 15.9 Å². The molecule has 6 heteroatoms. The zero-order chi connectivity index (χ0) is 13.8. The largest absolute Gasteiger partial charge is 0.346 e. The maximum Gasteiger partial charge on any atom is 0.188 e. The molecule has 0 aromatic heterocycles. The summed E-state index contributed by atoms with van der Waals surface area (Å²) in [6, 6.07) is 0. The maximum atomic E-state index is 12.2. The molecule has 112 valence electrons. The van der Waals surface area contributed by atoms with E-state index < -0.39 is 17.0 Å². The highest BCUT2D eigenvalue weighted by molar-refractivity contribution is 9.10. The van der Waals surface area contributed by atoms with Gasteiger partial charge in [0.25, 0.3) is 0 Å². The van der Waals surface area contributed by atoms with Gasteiger partial charge in [0.1, 0.15) is 6.29 Å². The molecule has 2 heterocycles. The van der Waals surface area contributed by atoms with Gasteiger partial charge in [-0.05, 0) is 23.7 Å². The van der Waals surface area contributed by atoms with Crippen molar-refractivity contribution in [3.63, 3.8) is 0 Å². The van der Waals surface area contributed by atoms with E-state index in [9.17, 15) is 4.79 Å². The Kier molecular flexibility index (Phi) is 1.52. The second kappa shape index (κ2) is 2.77. The lowest BCUT2D eigenvalue weighted by atomic mass is 9.35. The van der Waals surface area contributed by atoms with E-state index in [4.69, 9.17) is 18.9 Å². The Morgan fingerprint density at radius 1 is 0.762 bits per heavy atom. The van der Waals surface area contributed by atoms with Gasteiger partial charge in [-0.25, -0.2) is 0 Å². The summed E-state index contributed by atoms with van der Waals surface area (Å²) in [5.41, 5.74) is -0.440. The van der Waals surface area contributed by atoms with Gasteiger partial charge in [0.15, 0.2) is 11.6 Å². The number of ether oxygens (including phenoxy) is 4. The number of aldehydes is 1. The first-order valence-electron chi connectivity index (χ1n) is 7.92. The fraction of sp³-hybridized carbons (Fsp3) is 0.933. The standard InChI is InChI=1S/C15H15BrO5/c16-13-8-6-9(13)11-10(15(13)20-3-4-21-15)7(8)12(6,5-17)14(11)18-1-2-19-14/h5-11H,1-4H2/t6-,7-,8-,9+,10+,11-,12-,13-/m1/s1. The number of halogens is 1. The summed E-state index contributed by atoms with van der Waals surface area (Å²) in [5, 5.41) is 0. The van der Waals surface area contributed by atoms with Crippen molar-refractivity contribution in [1.82, 2.24) is 0 Å². The first kappa shape index (κ1) is 11.5. The third kappa shape index (κ3) is 0.660. The minimum Gasteiger partial charge on any atom is -0.346 e. The molecule has 0 radical (unpaired) electrons. The molecule has 2 aliphatic heterocycles. The highest BCUT2D eigenvalue weighted by atomic mass is 79.9. The van der Waals surface area contributed by atoms with Crippen molar-refractivity contribution in [2.45, 2.75) is 15.9 Å². The first-order chi connectivity index (χ1) is 10.2. The van der Waals surface area contributed by atoms with Crippen LogP contribution in [0.2, 0.25) is 0 Å². The number of carbonyl (C=O) groups excluding carboxylic acids is 1. The van der Waals surface area contributed by atoms with Crippen LogP contribution in [0.4, 0.5) is 0 Å². The van der Waals surface area contributed by atoms with E-state index in [0.717, 1.165) is 6.29 Å². The minimum atomic E-state index is -0.690. The van der Waals surface area contributed by atoms with Gasteiger partial charge in [0.05, 0.1) is 36.2 Å². The summed E-state index contributed by atoms with van der Waals surface area (Å²) in [7, 11) is 0. The van der Waals surface area contributed by atoms with E-state index in [-0.39, 0.29) is 16.2 Å². The summed E-state index contributed by atoms with van der Waals surface area (Å²) < 4.78 is 24.5. The Hall–Kier alpha value is -0.0100. The highest BCUT2D eigenvalue weighted by Gasteiger charge is 3.08. The van der Waals surface area contributed by atoms with E-state index in [2.05, 4.69) is 15.9 Å². The molecule has 4 bridgehead atoms. The van der Waals surface area contributed by atoms with E-state index >= 15 is 0 Å². The lowest BCUT2D eigenvalue weighted by Gasteiger charge is -2.70. The van der Waals surface area contributed by atoms with Gasteiger partial charge in [0.2, 0.25) is 0 Å². The average molecular weight is 355 g/mol. The van der Waals surface area contributed by atoms with Crippen molar-refractivity contribution in [3.05, 3.63) is 0 Å². The average Bonchev–Trinajstić information content (AvgIpc) is 3.24. The Morgan fingerprint density at radius 2 is 1.24 bits per heavy atom. The van der Waals surface area contributed by atoms with Gasteiger partial charge in [0, 0.05) is 11.8 Å². The SMILES string of the molecule is O=C[C@@]12[C@H]3[C@H]4[C@H]([C@@H]5[C@H]1[C@@H]3[C@]4(Br)C51OCCO1)C21OCCO1. The van der Waals surface area contributed by atoms with Crippen molar-refractivity contribution in [2.24, 2.45) is 40.9 Å². The molecule has 2 spiro atoms. The van der Waals surface area contributed by atoms with E-state index in [1.807, 2.05) is 0 Å². The molecule has 8 atom stereocenters. The highest BCUT2D eigenvalue weighted by Crippen LogP contribution is 3.00. The zero-order valence-electron chi connectivity index (χ0n) is 11.3. The monoisotopic (exact) mass is 354 g/mol. The van der Waals surface area contributed by atoms with Gasteiger partial charge in [-0.1, -0.05) is 15.9 Å². The number of alkyl halides is 1. The topological polar surface area (TPSA) is 54.0 Å². The Balaban J connectivity index is 1.54. The van der Waals surface area contributed by atoms with Crippen LogP contribution in [0.25, 0.3) is 0 Å². The van der Waals surface area contributed by atoms with Crippen molar-refractivity contribution < 1.29 is 23.7 Å². The fourth-order valence-corrected chi connectivity index (χ4v) is 9.78. The van der Waals surface area contributed by atoms with E-state index in [0.29, 0.717) is 50.1 Å². The van der Waals surface area contributed by atoms with Crippen molar-refractivity contribution in [2.75, 3.05) is 26.4 Å². The maximum absolute atomic E-state index is 12.2. The van der Waals surface area contributed by atoms with Gasteiger partial charge >= 0.3 is 0 Å². The summed E-state index contributed by atoms with van der Waals surface area (Å²) in [4.78, 5) is 12.2. The number of rotatable bonds is 1. The quantitative estimate of drug-likeness (QED) is 0.508. The molecule has 2 saturated heterocycles. The van der Waals surface area contributed by atoms with Crippen molar-refractivity contribution in [1.29, 1.82) is 0 Å². The molecule has 6 aliphatic carbocycles. The molecule has 0 unspecified atom stereocenters. The Labute approximate surface area is 129 Å². The molecule has 0 amide bonds. The summed E-state index contributed by atoms with van der Waals surface area (Å²) in [5.74, 6) is 0.807. The second-order valence-electron chi connectivity index (χ2n) is 7.70. The van der Waals surface area contributed by atoms with Crippen LogP contribution in [-0.4, -0.2) is 48.6 Å². The molecule has 8 rings (SSSR count). The third-order valence-electron chi connectivity index (χ3n) is 8.04. The fourth-order valence-electron chi connectivity index (χ4n) is 8.15.